The molecule has 20 nitrogen and oxygen atoms in total. The third-order valence-corrected chi connectivity index (χ3v) is 15.5. The number of nitrogens with one attached hydrogen (secondary N) is 3. The Labute approximate surface area is 506 Å². The fourth-order valence-corrected chi connectivity index (χ4v) is 10.3. The highest BCUT2D eigenvalue weighted by molar-refractivity contribution is 5.92. The Morgan fingerprint density at radius 3 is 2.01 bits per heavy atom. The molecule has 11 unspecified atom stereocenters. The van der Waals surface area contributed by atoms with Gasteiger partial charge in [0.15, 0.2) is 0 Å². The van der Waals surface area contributed by atoms with Crippen LogP contribution in [0.15, 0.2) is 49.3 Å². The predicted octanol–water partition coefficient (Wildman–Crippen LogP) is 7.76. The zero-order chi connectivity index (χ0) is 64.7. The summed E-state index contributed by atoms with van der Waals surface area (Å²) in [5.74, 6) is -3.30. The van der Waals surface area contributed by atoms with Crippen LogP contribution in [0.4, 0.5) is 4.79 Å². The lowest BCUT2D eigenvalue weighted by molar-refractivity contribution is -0.148. The number of rotatable bonds is 38. The van der Waals surface area contributed by atoms with Gasteiger partial charge in [0, 0.05) is 59.5 Å². The maximum absolute atomic E-state index is 14.6. The Balaban J connectivity index is 0.00000562. The lowest BCUT2D eigenvalue weighted by Gasteiger charge is -2.41. The normalized spacial score (nSPS) is 17.9. The summed E-state index contributed by atoms with van der Waals surface area (Å²) in [5, 5.41) is 19.7. The van der Waals surface area contributed by atoms with E-state index in [-0.39, 0.29) is 64.9 Å². The molecular weight excluding hydrogens is 1070 g/mol. The molecule has 20 heteroatoms. The quantitative estimate of drug-likeness (QED) is 0.0149. The first kappa shape index (κ1) is 79.0. The third kappa shape index (κ3) is 28.5. The summed E-state index contributed by atoms with van der Waals surface area (Å²) in [6.07, 6.45) is 12.5. The molecule has 6 amide bonds. The molecule has 0 saturated carbocycles. The summed E-state index contributed by atoms with van der Waals surface area (Å²) in [4.78, 5) is 98.2. The molecule has 8 N–H and O–H groups in total. The SMILES string of the molecule is C=C/C=C(\C=C)C(O)C(C)NC(=O)C(C)C(OC)C1CCCN1C(=O)CC(OC)C(C(C)CC)N(C)C(=O)[C@@H](NC(=O)C(C(C)C)N(C)C(=O)O/C=C/CCC(CCC)C(=O)NCCCCC(N)C=O)C(C)C.CC(C)(N)CCOC(C)(C)C. The van der Waals surface area contributed by atoms with Crippen LogP contribution in [-0.4, -0.2) is 175 Å². The first-order valence-electron chi connectivity index (χ1n) is 30.6. The number of nitrogens with two attached hydrogens (primary N) is 2. The van der Waals surface area contributed by atoms with Crippen molar-refractivity contribution in [2.24, 2.45) is 41.1 Å². The first-order valence-corrected chi connectivity index (χ1v) is 30.6. The van der Waals surface area contributed by atoms with Crippen molar-refractivity contribution in [1.29, 1.82) is 0 Å². The first-order chi connectivity index (χ1) is 39.2. The molecule has 12 atom stereocenters. The molecule has 0 aromatic rings. The van der Waals surface area contributed by atoms with Crippen molar-refractivity contribution >= 4 is 41.9 Å². The largest absolute Gasteiger partial charge is 0.418 e. The van der Waals surface area contributed by atoms with Gasteiger partial charge >= 0.3 is 6.09 Å². The van der Waals surface area contributed by atoms with Crippen LogP contribution in [-0.2, 0) is 47.7 Å². The number of likely N-dealkylation sites (N-methyl/N-ethyl adjacent to an activating group) is 2. The number of amides is 6. The van der Waals surface area contributed by atoms with E-state index in [0.717, 1.165) is 38.6 Å². The van der Waals surface area contributed by atoms with E-state index < -0.39 is 72.5 Å². The van der Waals surface area contributed by atoms with Crippen LogP contribution in [0.1, 0.15) is 174 Å². The van der Waals surface area contributed by atoms with Crippen LogP contribution >= 0.6 is 0 Å². The van der Waals surface area contributed by atoms with Crippen LogP contribution in [0.25, 0.3) is 0 Å². The smallest absolute Gasteiger partial charge is 0.415 e. The minimum atomic E-state index is -1.02. The number of aliphatic hydroxyl groups excluding tert-OH is 1. The second-order valence-electron chi connectivity index (χ2n) is 25.1. The number of carbonyl (C=O) groups is 7. The third-order valence-electron chi connectivity index (χ3n) is 15.5. The molecule has 1 fully saturated rings. The van der Waals surface area contributed by atoms with Gasteiger partial charge in [-0.1, -0.05) is 99.6 Å². The van der Waals surface area contributed by atoms with Gasteiger partial charge in [0.25, 0.3) is 0 Å². The van der Waals surface area contributed by atoms with E-state index in [4.69, 9.17) is 30.4 Å². The van der Waals surface area contributed by atoms with Gasteiger partial charge in [0.1, 0.15) is 18.4 Å². The number of hydrogen-bond donors (Lipinski definition) is 6. The molecule has 1 aliphatic heterocycles. The fraction of sp³-hybridized carbons (Fsp3) is 0.766. The summed E-state index contributed by atoms with van der Waals surface area (Å²) in [6, 6.07) is -4.14. The zero-order valence-electron chi connectivity index (χ0n) is 55.0. The minimum absolute atomic E-state index is 0.0365. The second-order valence-corrected chi connectivity index (χ2v) is 25.1. The molecule has 0 aliphatic carbocycles. The van der Waals surface area contributed by atoms with E-state index in [1.807, 2.05) is 48.5 Å². The molecule has 0 spiro atoms. The summed E-state index contributed by atoms with van der Waals surface area (Å²) in [6.45, 7) is 36.0. The number of ether oxygens (including phenoxy) is 4. The molecule has 484 valence electrons. The molecule has 1 aliphatic rings. The van der Waals surface area contributed by atoms with Gasteiger partial charge in [0.2, 0.25) is 29.5 Å². The second kappa shape index (κ2) is 40.4. The maximum Gasteiger partial charge on any atom is 0.415 e. The monoisotopic (exact) mass is 1190 g/mol. The van der Waals surface area contributed by atoms with Gasteiger partial charge in [-0.25, -0.2) is 4.79 Å². The number of aliphatic hydroxyl groups is 1. The average molecular weight is 1190 g/mol. The van der Waals surface area contributed by atoms with E-state index in [1.165, 1.54) is 44.6 Å². The van der Waals surface area contributed by atoms with Crippen molar-refractivity contribution in [2.75, 3.05) is 48.0 Å². The topological polar surface area (TPSA) is 274 Å². The molecule has 0 aromatic heterocycles. The number of unbranched alkanes of at least 4 members (excludes halogenated alkanes) is 1. The van der Waals surface area contributed by atoms with Gasteiger partial charge < -0.3 is 66.1 Å². The lowest BCUT2D eigenvalue weighted by atomic mass is 9.89. The zero-order valence-corrected chi connectivity index (χ0v) is 55.0. The average Bonchev–Trinajstić information content (AvgIpc) is 3.49. The van der Waals surface area contributed by atoms with Gasteiger partial charge in [-0.15, -0.1) is 0 Å². The molecule has 0 aromatic carbocycles. The minimum Gasteiger partial charge on any atom is -0.418 e. The molecule has 1 saturated heterocycles. The van der Waals surface area contributed by atoms with Gasteiger partial charge in [-0.2, -0.15) is 0 Å². The summed E-state index contributed by atoms with van der Waals surface area (Å²) in [5.41, 5.74) is 11.8. The van der Waals surface area contributed by atoms with E-state index in [1.54, 1.807) is 56.7 Å². The van der Waals surface area contributed by atoms with E-state index in [2.05, 4.69) is 49.9 Å². The van der Waals surface area contributed by atoms with Gasteiger partial charge in [-0.3, -0.25) is 28.9 Å². The highest BCUT2D eigenvalue weighted by Gasteiger charge is 2.44. The van der Waals surface area contributed by atoms with E-state index in [9.17, 15) is 38.7 Å². The van der Waals surface area contributed by atoms with Crippen LogP contribution in [0.3, 0.4) is 0 Å². The van der Waals surface area contributed by atoms with Crippen LogP contribution in [0, 0.1) is 29.6 Å². The van der Waals surface area contributed by atoms with Crippen molar-refractivity contribution in [3.05, 3.63) is 49.3 Å². The lowest BCUT2D eigenvalue weighted by Crippen LogP contribution is -2.60. The number of carbonyl (C=O) groups excluding carboxylic acids is 7. The van der Waals surface area contributed by atoms with Gasteiger partial charge in [-0.05, 0) is 129 Å². The molecular formula is C64H116N8O12. The Bertz CT molecular complexity index is 2060. The molecule has 1 heterocycles. The number of allylic oxidation sites excluding steroid dienone is 3. The number of nitrogens with zero attached hydrogens (tertiary/aromatic N) is 3. The molecule has 0 radical (unpaired) electrons. The number of hydrogen-bond acceptors (Lipinski definition) is 14. The molecule has 0 bridgehead atoms. The van der Waals surface area contributed by atoms with E-state index in [0.29, 0.717) is 63.6 Å². The van der Waals surface area contributed by atoms with Crippen LogP contribution in [0.5, 0.6) is 0 Å². The van der Waals surface area contributed by atoms with E-state index >= 15 is 0 Å². The summed E-state index contributed by atoms with van der Waals surface area (Å²) < 4.78 is 23.0. The van der Waals surface area contributed by atoms with Gasteiger partial charge in [0.05, 0.1) is 66.7 Å². The summed E-state index contributed by atoms with van der Waals surface area (Å²) in [7, 11) is 6.15. The highest BCUT2D eigenvalue weighted by Crippen LogP contribution is 2.30. The van der Waals surface area contributed by atoms with Crippen molar-refractivity contribution in [2.45, 2.75) is 240 Å². The Morgan fingerprint density at radius 1 is 0.857 bits per heavy atom. The van der Waals surface area contributed by atoms with Crippen molar-refractivity contribution < 1.29 is 57.6 Å². The molecule has 1 rings (SSSR count). The maximum atomic E-state index is 14.6. The standard InChI is InChI=1S/C55H95N7O11.C9H21NO/c1-16-25-40(19-4)49(65)39(11)58-51(66)38(10)50(72-15)43-29-24-31-62(43)45(64)33-44(71-14)48(37(9)18-3)60(12)54(69)46(35(5)6)59-53(68)47(36(7)8)61(13)55(70)73-32-23-21-27-41(26-17-2)52(67)57-30-22-20-28-42(56)34-63;1-8(2,3)11-7-6-9(4,5)10/h16,19,23,25,32,34-39,41-44,46-50,65H,1,4,17-18,20-22,24,26-31,33,56H2,2-3,5-15H3,(H,57,67)(H,58,66)(H,59,68);6-7,10H2,1-5H3/b32-23+,40-25+;/t37?,38?,39?,41?,42?,43?,44?,46-,47?,48?,49?,50?;/m0./s1. The Morgan fingerprint density at radius 2 is 1.50 bits per heavy atom. The van der Waals surface area contributed by atoms with Crippen LogP contribution in [0.2, 0.25) is 0 Å². The van der Waals surface area contributed by atoms with Crippen LogP contribution < -0.4 is 27.4 Å². The Hall–Kier alpha value is -4.99. The Kier molecular flexibility index (Phi) is 38.0. The number of aldehydes is 1. The predicted molar refractivity (Wildman–Crippen MR) is 334 cm³/mol. The fourth-order valence-electron chi connectivity index (χ4n) is 10.3. The highest BCUT2D eigenvalue weighted by atomic mass is 16.5. The number of likely N-dealkylation sites (tertiary alicyclic amines) is 1. The molecule has 84 heavy (non-hydrogen) atoms. The van der Waals surface area contributed by atoms with Crippen molar-refractivity contribution in [3.8, 4) is 0 Å². The van der Waals surface area contributed by atoms with Crippen molar-refractivity contribution in [1.82, 2.24) is 30.7 Å². The van der Waals surface area contributed by atoms with Crippen molar-refractivity contribution in [3.63, 3.8) is 0 Å². The number of methoxy groups -OCH3 is 2. The summed E-state index contributed by atoms with van der Waals surface area (Å²) >= 11 is 0.